The summed E-state index contributed by atoms with van der Waals surface area (Å²) in [5.41, 5.74) is 0.504. The number of hydrogen-bond acceptors (Lipinski definition) is 2. The Morgan fingerprint density at radius 3 is 2.15 bits per heavy atom. The molecule has 0 heterocycles. The molecule has 104 valence electrons. The fourth-order valence-electron chi connectivity index (χ4n) is 1.61. The van der Waals surface area contributed by atoms with E-state index in [0.29, 0.717) is 20.5 Å². The van der Waals surface area contributed by atoms with E-state index in [1.165, 1.54) is 0 Å². The molecule has 6 heteroatoms. The maximum Gasteiger partial charge on any atom is 0.175 e. The van der Waals surface area contributed by atoms with Crippen molar-refractivity contribution >= 4 is 55.7 Å². The lowest BCUT2D eigenvalue weighted by Crippen LogP contribution is -2.11. The molecule has 0 fully saturated rings. The summed E-state index contributed by atoms with van der Waals surface area (Å²) < 4.78 is 13.1. The number of hydrogen-bond donors (Lipinski definition) is 0. The van der Waals surface area contributed by atoms with E-state index >= 15 is 0 Å². The van der Waals surface area contributed by atoms with Gasteiger partial charge in [-0.25, -0.2) is 0 Å². The van der Waals surface area contributed by atoms with E-state index in [-0.39, 0.29) is 11.5 Å². The van der Waals surface area contributed by atoms with Gasteiger partial charge in [0.1, 0.15) is 0 Å². The minimum Gasteiger partial charge on any atom is -0.293 e. The normalized spacial score (nSPS) is 12.2. The van der Waals surface area contributed by atoms with Gasteiger partial charge in [0.05, 0.1) is 31.5 Å². The standard InChI is InChI=1S/C14H9BrCl2O2S/c15-10-6-4-9(5-7-10)13(18)8-20(19)14-11(16)2-1-3-12(14)17/h1-7H,8H2. The van der Waals surface area contributed by atoms with Crippen LogP contribution in [-0.2, 0) is 10.8 Å². The van der Waals surface area contributed by atoms with Crippen LogP contribution in [0, 0.1) is 0 Å². The van der Waals surface area contributed by atoms with Crippen molar-refractivity contribution in [3.8, 4) is 0 Å². The summed E-state index contributed by atoms with van der Waals surface area (Å²) in [7, 11) is -1.57. The Morgan fingerprint density at radius 2 is 1.60 bits per heavy atom. The van der Waals surface area contributed by atoms with Gasteiger partial charge in [-0.3, -0.25) is 9.00 Å². The molecule has 0 bridgehead atoms. The highest BCUT2D eigenvalue weighted by Crippen LogP contribution is 2.28. The molecule has 0 amide bonds. The predicted molar refractivity (Wildman–Crippen MR) is 86.2 cm³/mol. The van der Waals surface area contributed by atoms with Gasteiger partial charge in [0.2, 0.25) is 0 Å². The van der Waals surface area contributed by atoms with E-state index in [1.807, 2.05) is 0 Å². The van der Waals surface area contributed by atoms with Crippen LogP contribution in [0.4, 0.5) is 0 Å². The molecule has 2 nitrogen and oxygen atoms in total. The minimum absolute atomic E-state index is 0.148. The van der Waals surface area contributed by atoms with Crippen LogP contribution in [0.25, 0.3) is 0 Å². The summed E-state index contributed by atoms with van der Waals surface area (Å²) in [6, 6.07) is 11.8. The van der Waals surface area contributed by atoms with Gasteiger partial charge in [-0.2, -0.15) is 0 Å². The van der Waals surface area contributed by atoms with Crippen molar-refractivity contribution in [3.63, 3.8) is 0 Å². The summed E-state index contributed by atoms with van der Waals surface area (Å²) in [6.07, 6.45) is 0. The van der Waals surface area contributed by atoms with Crippen LogP contribution in [0.15, 0.2) is 51.8 Å². The Labute approximate surface area is 137 Å². The van der Waals surface area contributed by atoms with Gasteiger partial charge in [0.15, 0.2) is 5.78 Å². The van der Waals surface area contributed by atoms with Crippen molar-refractivity contribution in [2.75, 3.05) is 5.75 Å². The van der Waals surface area contributed by atoms with Crippen LogP contribution in [0.3, 0.4) is 0 Å². The SMILES string of the molecule is O=C(CS(=O)c1c(Cl)cccc1Cl)c1ccc(Br)cc1. The van der Waals surface area contributed by atoms with Crippen molar-refractivity contribution in [2.24, 2.45) is 0 Å². The van der Waals surface area contributed by atoms with Crippen molar-refractivity contribution in [2.45, 2.75) is 4.90 Å². The number of rotatable bonds is 4. The Morgan fingerprint density at radius 1 is 1.05 bits per heavy atom. The zero-order valence-electron chi connectivity index (χ0n) is 10.1. The first-order chi connectivity index (χ1) is 9.49. The van der Waals surface area contributed by atoms with Gasteiger partial charge in [-0.15, -0.1) is 0 Å². The van der Waals surface area contributed by atoms with E-state index in [1.54, 1.807) is 42.5 Å². The molecule has 0 saturated heterocycles. The molecule has 1 unspecified atom stereocenters. The predicted octanol–water partition coefficient (Wildman–Crippen LogP) is 4.75. The van der Waals surface area contributed by atoms with Crippen LogP contribution in [-0.4, -0.2) is 15.7 Å². The molecule has 0 aliphatic rings. The molecule has 2 aromatic carbocycles. The average molecular weight is 392 g/mol. The number of halogens is 3. The van der Waals surface area contributed by atoms with Crippen LogP contribution < -0.4 is 0 Å². The molecule has 0 spiro atoms. The lowest BCUT2D eigenvalue weighted by atomic mass is 10.2. The molecule has 0 radical (unpaired) electrons. The molecule has 1 atom stereocenters. The molecule has 0 saturated carbocycles. The highest BCUT2D eigenvalue weighted by atomic mass is 79.9. The Kier molecular flexibility index (Phi) is 5.38. The van der Waals surface area contributed by atoms with Crippen LogP contribution in [0.2, 0.25) is 10.0 Å². The molecule has 0 aliphatic carbocycles. The molecular weight excluding hydrogens is 383 g/mol. The minimum atomic E-state index is -1.57. The third-order valence-electron chi connectivity index (χ3n) is 2.57. The highest BCUT2D eigenvalue weighted by Gasteiger charge is 2.17. The van der Waals surface area contributed by atoms with Gasteiger partial charge >= 0.3 is 0 Å². The Bertz CT molecular complexity index is 651. The maximum absolute atomic E-state index is 12.2. The lowest BCUT2D eigenvalue weighted by molar-refractivity contribution is 0.102. The quantitative estimate of drug-likeness (QED) is 0.705. The van der Waals surface area contributed by atoms with Crippen LogP contribution in [0.1, 0.15) is 10.4 Å². The number of benzene rings is 2. The van der Waals surface area contributed by atoms with Gasteiger partial charge in [0, 0.05) is 10.0 Å². The zero-order valence-corrected chi connectivity index (χ0v) is 14.0. The third-order valence-corrected chi connectivity index (χ3v) is 5.38. The number of Topliss-reactive ketones (excluding diaryl/α,β-unsaturated/α-hetero) is 1. The molecule has 0 aliphatic heterocycles. The van der Waals surface area contributed by atoms with Gasteiger partial charge in [-0.05, 0) is 24.3 Å². The Hall–Kier alpha value is -0.680. The third kappa shape index (κ3) is 3.70. The molecule has 20 heavy (non-hydrogen) atoms. The van der Waals surface area contributed by atoms with Gasteiger partial charge in [-0.1, -0.05) is 57.3 Å². The highest BCUT2D eigenvalue weighted by molar-refractivity contribution is 9.10. The van der Waals surface area contributed by atoms with E-state index < -0.39 is 10.8 Å². The second-order valence-electron chi connectivity index (χ2n) is 3.97. The average Bonchev–Trinajstić information content (AvgIpc) is 2.39. The summed E-state index contributed by atoms with van der Waals surface area (Å²) >= 11 is 15.3. The zero-order chi connectivity index (χ0) is 14.7. The largest absolute Gasteiger partial charge is 0.293 e. The summed E-state index contributed by atoms with van der Waals surface area (Å²) in [5, 5.41) is 0.610. The first-order valence-electron chi connectivity index (χ1n) is 5.60. The monoisotopic (exact) mass is 390 g/mol. The lowest BCUT2D eigenvalue weighted by Gasteiger charge is -2.06. The van der Waals surface area contributed by atoms with Crippen molar-refractivity contribution in [1.29, 1.82) is 0 Å². The molecule has 2 rings (SSSR count). The molecule has 2 aromatic rings. The van der Waals surface area contributed by atoms with Crippen LogP contribution in [0.5, 0.6) is 0 Å². The number of ketones is 1. The van der Waals surface area contributed by atoms with E-state index in [4.69, 9.17) is 23.2 Å². The first-order valence-corrected chi connectivity index (χ1v) is 8.47. The molecular formula is C14H9BrCl2O2S. The second kappa shape index (κ2) is 6.85. The van der Waals surface area contributed by atoms with Gasteiger partial charge in [0.25, 0.3) is 0 Å². The molecule has 0 aromatic heterocycles. The smallest absolute Gasteiger partial charge is 0.175 e. The second-order valence-corrected chi connectivity index (χ2v) is 7.09. The van der Waals surface area contributed by atoms with Crippen molar-refractivity contribution in [1.82, 2.24) is 0 Å². The van der Waals surface area contributed by atoms with Crippen molar-refractivity contribution < 1.29 is 9.00 Å². The van der Waals surface area contributed by atoms with E-state index in [0.717, 1.165) is 4.47 Å². The fraction of sp³-hybridized carbons (Fsp3) is 0.0714. The summed E-state index contributed by atoms with van der Waals surface area (Å²) in [4.78, 5) is 12.4. The van der Waals surface area contributed by atoms with E-state index in [9.17, 15) is 9.00 Å². The fourth-order valence-corrected chi connectivity index (χ4v) is 3.91. The maximum atomic E-state index is 12.2. The Balaban J connectivity index is 2.20. The molecule has 0 N–H and O–H groups in total. The number of carbonyl (C=O) groups excluding carboxylic acids is 1. The summed E-state index contributed by atoms with van der Waals surface area (Å²) in [6.45, 7) is 0. The number of carbonyl (C=O) groups is 1. The topological polar surface area (TPSA) is 34.1 Å². The van der Waals surface area contributed by atoms with Gasteiger partial charge < -0.3 is 0 Å². The first kappa shape index (κ1) is 15.7. The van der Waals surface area contributed by atoms with E-state index in [2.05, 4.69) is 15.9 Å². The summed E-state index contributed by atoms with van der Waals surface area (Å²) in [5.74, 6) is -0.364. The van der Waals surface area contributed by atoms with Crippen LogP contribution >= 0.6 is 39.1 Å². The van der Waals surface area contributed by atoms with Crippen molar-refractivity contribution in [3.05, 3.63) is 62.5 Å².